The summed E-state index contributed by atoms with van der Waals surface area (Å²) in [6.07, 6.45) is 0. The molecule has 114 valence electrons. The third kappa shape index (κ3) is 1.97. The lowest BCUT2D eigenvalue weighted by Crippen LogP contribution is -1.88. The van der Waals surface area contributed by atoms with Crippen molar-refractivity contribution in [2.75, 3.05) is 0 Å². The number of aryl methyl sites for hydroxylation is 1. The van der Waals surface area contributed by atoms with Gasteiger partial charge in [0.15, 0.2) is 0 Å². The van der Waals surface area contributed by atoms with Crippen molar-refractivity contribution in [2.45, 2.75) is 6.92 Å². The van der Waals surface area contributed by atoms with E-state index in [1.54, 1.807) is 11.3 Å². The molecular weight excluding hydrogens is 310 g/mol. The summed E-state index contributed by atoms with van der Waals surface area (Å²) in [5, 5.41) is 7.27. The summed E-state index contributed by atoms with van der Waals surface area (Å²) >= 11 is 1.77. The minimum atomic E-state index is 1.06. The van der Waals surface area contributed by atoms with Gasteiger partial charge in [-0.1, -0.05) is 48.5 Å². The Balaban J connectivity index is 1.86. The number of aromatic nitrogens is 1. The highest BCUT2D eigenvalue weighted by Gasteiger charge is 2.12. The van der Waals surface area contributed by atoms with Gasteiger partial charge < -0.3 is 0 Å². The quantitative estimate of drug-likeness (QED) is 0.339. The van der Waals surface area contributed by atoms with E-state index in [1.165, 1.54) is 37.4 Å². The molecule has 0 atom stereocenters. The molecule has 0 bridgehead atoms. The number of hydrogen-bond donors (Lipinski definition) is 0. The van der Waals surface area contributed by atoms with Gasteiger partial charge in [-0.3, -0.25) is 0 Å². The van der Waals surface area contributed by atoms with Crippen LogP contribution in [0.3, 0.4) is 0 Å². The lowest BCUT2D eigenvalue weighted by molar-refractivity contribution is 1.44. The fraction of sp³-hybridized carbons (Fsp3) is 0.0455. The minimum Gasteiger partial charge on any atom is -0.246 e. The van der Waals surface area contributed by atoms with Gasteiger partial charge in [-0.15, -0.1) is 11.3 Å². The van der Waals surface area contributed by atoms with Crippen molar-refractivity contribution in [2.24, 2.45) is 0 Å². The molecular formula is C22H15NS. The van der Waals surface area contributed by atoms with Crippen LogP contribution in [0.25, 0.3) is 43.0 Å². The maximum atomic E-state index is 4.99. The zero-order valence-electron chi connectivity index (χ0n) is 13.3. The van der Waals surface area contributed by atoms with Crippen molar-refractivity contribution in [1.82, 2.24) is 4.98 Å². The van der Waals surface area contributed by atoms with Crippen molar-refractivity contribution in [3.8, 4) is 11.3 Å². The van der Waals surface area contributed by atoms with Crippen molar-refractivity contribution in [3.05, 3.63) is 77.7 Å². The van der Waals surface area contributed by atoms with E-state index in [1.807, 2.05) is 0 Å². The Hall–Kier alpha value is -2.71. The van der Waals surface area contributed by atoms with E-state index in [-0.39, 0.29) is 0 Å². The topological polar surface area (TPSA) is 12.9 Å². The predicted molar refractivity (Wildman–Crippen MR) is 105 cm³/mol. The van der Waals surface area contributed by atoms with Crippen LogP contribution >= 0.6 is 11.3 Å². The predicted octanol–water partition coefficient (Wildman–Crippen LogP) is 6.58. The Labute approximate surface area is 144 Å². The maximum Gasteiger partial charge on any atom is 0.0888 e. The Morgan fingerprint density at radius 3 is 2.67 bits per heavy atom. The van der Waals surface area contributed by atoms with Crippen LogP contribution in [-0.4, -0.2) is 4.98 Å². The van der Waals surface area contributed by atoms with Gasteiger partial charge in [0.1, 0.15) is 0 Å². The van der Waals surface area contributed by atoms with E-state index in [0.717, 1.165) is 11.2 Å². The number of para-hydroxylation sites is 1. The second kappa shape index (κ2) is 5.15. The van der Waals surface area contributed by atoms with Gasteiger partial charge in [0.2, 0.25) is 0 Å². The Morgan fingerprint density at radius 2 is 1.71 bits per heavy atom. The first-order valence-electron chi connectivity index (χ1n) is 8.07. The standard InChI is InChI=1S/C22H15NS/c1-14-5-4-6-15-13-16(9-10-17(14)15)21-22-19(11-12-24-22)18-7-2-3-8-20(18)23-21/h2-13H,1H3. The molecule has 2 heterocycles. The van der Waals surface area contributed by atoms with Gasteiger partial charge in [0.05, 0.1) is 15.9 Å². The summed E-state index contributed by atoms with van der Waals surface area (Å²) in [4.78, 5) is 4.99. The summed E-state index contributed by atoms with van der Waals surface area (Å²) in [7, 11) is 0. The molecule has 0 unspecified atom stereocenters. The Morgan fingerprint density at radius 1 is 0.792 bits per heavy atom. The van der Waals surface area contributed by atoms with Gasteiger partial charge in [-0.05, 0) is 46.8 Å². The van der Waals surface area contributed by atoms with E-state index in [9.17, 15) is 0 Å². The molecule has 2 aromatic heterocycles. The van der Waals surface area contributed by atoms with E-state index >= 15 is 0 Å². The van der Waals surface area contributed by atoms with Crippen LogP contribution in [0.2, 0.25) is 0 Å². The molecule has 5 aromatic rings. The summed E-state index contributed by atoms with van der Waals surface area (Å²) < 4.78 is 1.26. The van der Waals surface area contributed by atoms with E-state index in [2.05, 4.69) is 79.0 Å². The smallest absolute Gasteiger partial charge is 0.0888 e. The molecule has 0 aliphatic heterocycles. The second-order valence-corrected chi connectivity index (χ2v) is 7.07. The van der Waals surface area contributed by atoms with Crippen LogP contribution in [0.15, 0.2) is 72.1 Å². The lowest BCUT2D eigenvalue weighted by Gasteiger charge is -2.09. The number of benzene rings is 3. The SMILES string of the molecule is Cc1cccc2cc(-c3nc4ccccc4c4ccsc34)ccc12. The van der Waals surface area contributed by atoms with Crippen LogP contribution in [0.4, 0.5) is 0 Å². The molecule has 1 nitrogen and oxygen atoms in total. The highest BCUT2D eigenvalue weighted by molar-refractivity contribution is 7.17. The lowest BCUT2D eigenvalue weighted by atomic mass is 10.0. The van der Waals surface area contributed by atoms with Crippen LogP contribution in [0.5, 0.6) is 0 Å². The third-order valence-electron chi connectivity index (χ3n) is 4.68. The summed E-state index contributed by atoms with van der Waals surface area (Å²) in [6.45, 7) is 2.16. The molecule has 0 radical (unpaired) electrons. The number of rotatable bonds is 1. The second-order valence-electron chi connectivity index (χ2n) is 6.15. The van der Waals surface area contributed by atoms with Crippen LogP contribution in [-0.2, 0) is 0 Å². The molecule has 5 rings (SSSR count). The van der Waals surface area contributed by atoms with Crippen molar-refractivity contribution in [1.29, 1.82) is 0 Å². The van der Waals surface area contributed by atoms with Crippen LogP contribution < -0.4 is 0 Å². The van der Waals surface area contributed by atoms with Crippen molar-refractivity contribution < 1.29 is 0 Å². The number of hydrogen-bond acceptors (Lipinski definition) is 2. The van der Waals surface area contributed by atoms with Gasteiger partial charge in [-0.2, -0.15) is 0 Å². The normalized spacial score (nSPS) is 11.5. The van der Waals surface area contributed by atoms with Gasteiger partial charge in [-0.25, -0.2) is 4.98 Å². The monoisotopic (exact) mass is 325 g/mol. The van der Waals surface area contributed by atoms with Crippen LogP contribution in [0, 0.1) is 6.92 Å². The molecule has 2 heteroatoms. The largest absolute Gasteiger partial charge is 0.246 e. The molecule has 0 aliphatic rings. The molecule has 0 fully saturated rings. The third-order valence-corrected chi connectivity index (χ3v) is 5.60. The molecule has 0 amide bonds. The minimum absolute atomic E-state index is 1.06. The summed E-state index contributed by atoms with van der Waals surface area (Å²) in [5.74, 6) is 0. The molecule has 3 aromatic carbocycles. The molecule has 0 saturated heterocycles. The van der Waals surface area contributed by atoms with E-state index < -0.39 is 0 Å². The van der Waals surface area contributed by atoms with Crippen molar-refractivity contribution >= 4 is 43.1 Å². The van der Waals surface area contributed by atoms with Gasteiger partial charge in [0, 0.05) is 16.3 Å². The highest BCUT2D eigenvalue weighted by Crippen LogP contribution is 2.36. The summed E-state index contributed by atoms with van der Waals surface area (Å²) in [5.41, 5.74) is 4.64. The highest BCUT2D eigenvalue weighted by atomic mass is 32.1. The first-order chi connectivity index (χ1) is 11.8. The zero-order valence-corrected chi connectivity index (χ0v) is 14.1. The average Bonchev–Trinajstić information content (AvgIpc) is 3.11. The number of fused-ring (bicyclic) bond motifs is 4. The number of thiophene rings is 1. The number of pyridine rings is 1. The van der Waals surface area contributed by atoms with E-state index in [0.29, 0.717) is 0 Å². The fourth-order valence-corrected chi connectivity index (χ4v) is 4.38. The molecule has 0 aliphatic carbocycles. The molecule has 24 heavy (non-hydrogen) atoms. The van der Waals surface area contributed by atoms with Gasteiger partial charge in [0.25, 0.3) is 0 Å². The Kier molecular flexibility index (Phi) is 2.94. The zero-order chi connectivity index (χ0) is 16.1. The van der Waals surface area contributed by atoms with E-state index in [4.69, 9.17) is 4.98 Å². The molecule has 0 spiro atoms. The fourth-order valence-electron chi connectivity index (χ4n) is 3.46. The first-order valence-corrected chi connectivity index (χ1v) is 8.95. The maximum absolute atomic E-state index is 4.99. The van der Waals surface area contributed by atoms with Gasteiger partial charge >= 0.3 is 0 Å². The molecule has 0 N–H and O–H groups in total. The number of nitrogens with zero attached hydrogens (tertiary/aromatic N) is 1. The molecule has 0 saturated carbocycles. The van der Waals surface area contributed by atoms with Crippen molar-refractivity contribution in [3.63, 3.8) is 0 Å². The average molecular weight is 325 g/mol. The first kappa shape index (κ1) is 13.7. The summed E-state index contributed by atoms with van der Waals surface area (Å²) in [6, 6.07) is 23.7. The Bertz CT molecular complexity index is 1220. The van der Waals surface area contributed by atoms with Crippen LogP contribution in [0.1, 0.15) is 5.56 Å².